The van der Waals surface area contributed by atoms with E-state index in [9.17, 15) is 13.2 Å². The number of halogens is 1. The summed E-state index contributed by atoms with van der Waals surface area (Å²) in [4.78, 5) is 12.0. The molecule has 0 fully saturated rings. The van der Waals surface area contributed by atoms with Crippen LogP contribution in [0.15, 0.2) is 29.2 Å². The van der Waals surface area contributed by atoms with E-state index in [1.807, 2.05) is 0 Å². The second-order valence-electron chi connectivity index (χ2n) is 5.25. The molecule has 0 atom stereocenters. The zero-order valence-electron chi connectivity index (χ0n) is 13.7. The molecule has 136 valence electrons. The van der Waals surface area contributed by atoms with Crippen LogP contribution in [-0.2, 0) is 21.2 Å². The Hall–Kier alpha value is -1.55. The van der Waals surface area contributed by atoms with Crippen molar-refractivity contribution in [2.75, 3.05) is 11.9 Å². The fourth-order valence-corrected chi connectivity index (χ4v) is 3.87. The van der Waals surface area contributed by atoms with E-state index in [0.29, 0.717) is 10.2 Å². The van der Waals surface area contributed by atoms with Crippen LogP contribution in [0.5, 0.6) is 0 Å². The number of anilines is 1. The van der Waals surface area contributed by atoms with Crippen LogP contribution < -0.4 is 10.0 Å². The van der Waals surface area contributed by atoms with Crippen LogP contribution in [-0.4, -0.2) is 31.1 Å². The molecule has 1 amide bonds. The Labute approximate surface area is 155 Å². The summed E-state index contributed by atoms with van der Waals surface area (Å²) in [6, 6.07) is 5.80. The van der Waals surface area contributed by atoms with Gasteiger partial charge in [0, 0.05) is 24.4 Å². The number of aromatic nitrogens is 2. The number of benzene rings is 1. The van der Waals surface area contributed by atoms with Crippen LogP contribution in [0.2, 0.25) is 5.02 Å². The van der Waals surface area contributed by atoms with Crippen molar-refractivity contribution in [3.63, 3.8) is 0 Å². The monoisotopic (exact) mass is 402 g/mol. The molecule has 0 saturated heterocycles. The number of unbranched alkanes of at least 4 members (excludes halogenated alkanes) is 1. The number of hydrogen-bond acceptors (Lipinski definition) is 6. The summed E-state index contributed by atoms with van der Waals surface area (Å²) in [6.07, 6.45) is 2.92. The van der Waals surface area contributed by atoms with Gasteiger partial charge < -0.3 is 5.32 Å². The third kappa shape index (κ3) is 6.35. The first-order chi connectivity index (χ1) is 11.9. The third-order valence-electron chi connectivity index (χ3n) is 3.23. The SMILES string of the molecule is CCCCc1nnc(NC(=O)CCNS(=O)(=O)c2ccc(Cl)cc2)s1. The van der Waals surface area contributed by atoms with Crippen LogP contribution in [0.1, 0.15) is 31.2 Å². The number of nitrogens with one attached hydrogen (secondary N) is 2. The molecule has 2 N–H and O–H groups in total. The van der Waals surface area contributed by atoms with E-state index in [1.165, 1.54) is 35.6 Å². The van der Waals surface area contributed by atoms with Crippen molar-refractivity contribution >= 4 is 44.0 Å². The van der Waals surface area contributed by atoms with Gasteiger partial charge in [0.1, 0.15) is 5.01 Å². The summed E-state index contributed by atoms with van der Waals surface area (Å²) < 4.78 is 26.5. The van der Waals surface area contributed by atoms with Crippen LogP contribution in [0.4, 0.5) is 5.13 Å². The Morgan fingerprint density at radius 2 is 1.96 bits per heavy atom. The van der Waals surface area contributed by atoms with Crippen LogP contribution in [0.3, 0.4) is 0 Å². The summed E-state index contributed by atoms with van der Waals surface area (Å²) in [5.74, 6) is -0.322. The van der Waals surface area contributed by atoms with Crippen LogP contribution >= 0.6 is 22.9 Å². The summed E-state index contributed by atoms with van der Waals surface area (Å²) in [5, 5.41) is 12.3. The number of amides is 1. The molecule has 1 aromatic carbocycles. The van der Waals surface area contributed by atoms with Gasteiger partial charge in [0.15, 0.2) is 0 Å². The molecule has 25 heavy (non-hydrogen) atoms. The van der Waals surface area contributed by atoms with E-state index in [2.05, 4.69) is 27.2 Å². The minimum Gasteiger partial charge on any atom is -0.300 e. The molecular formula is C15H19ClN4O3S2. The number of nitrogens with zero attached hydrogens (tertiary/aromatic N) is 2. The Kier molecular flexibility index (Phi) is 7.30. The zero-order chi connectivity index (χ0) is 18.3. The van der Waals surface area contributed by atoms with E-state index in [4.69, 9.17) is 11.6 Å². The van der Waals surface area contributed by atoms with E-state index in [1.54, 1.807) is 0 Å². The molecule has 0 aliphatic heterocycles. The van der Waals surface area contributed by atoms with Gasteiger partial charge in [0.05, 0.1) is 4.90 Å². The lowest BCUT2D eigenvalue weighted by Crippen LogP contribution is -2.27. The molecule has 0 radical (unpaired) electrons. The van der Waals surface area contributed by atoms with Gasteiger partial charge in [-0.3, -0.25) is 4.79 Å². The topological polar surface area (TPSA) is 101 Å². The number of aryl methyl sites for hydroxylation is 1. The van der Waals surface area contributed by atoms with Gasteiger partial charge in [-0.25, -0.2) is 13.1 Å². The molecule has 7 nitrogen and oxygen atoms in total. The standard InChI is InChI=1S/C15H19ClN4O3S2/c1-2-3-4-14-19-20-15(24-14)18-13(21)9-10-17-25(22,23)12-7-5-11(16)6-8-12/h5-8,17H,2-4,9-10H2,1H3,(H,18,20,21). The third-order valence-corrected chi connectivity index (χ3v) is 5.85. The highest BCUT2D eigenvalue weighted by Crippen LogP contribution is 2.17. The van der Waals surface area contributed by atoms with E-state index < -0.39 is 10.0 Å². The van der Waals surface area contributed by atoms with Gasteiger partial charge in [-0.2, -0.15) is 0 Å². The molecule has 0 aliphatic rings. The lowest BCUT2D eigenvalue weighted by Gasteiger charge is -2.06. The van der Waals surface area contributed by atoms with Gasteiger partial charge in [0.2, 0.25) is 21.1 Å². The zero-order valence-corrected chi connectivity index (χ0v) is 16.0. The fraction of sp³-hybridized carbons (Fsp3) is 0.400. The number of sulfonamides is 1. The molecule has 2 rings (SSSR count). The van der Waals surface area contributed by atoms with Crippen molar-refractivity contribution in [1.29, 1.82) is 0 Å². The Bertz CT molecular complexity index is 806. The number of carbonyl (C=O) groups is 1. The predicted molar refractivity (Wildman–Crippen MR) is 98.4 cm³/mol. The molecule has 0 spiro atoms. The predicted octanol–water partition coefficient (Wildman–Crippen LogP) is 2.84. The maximum Gasteiger partial charge on any atom is 0.240 e. The van der Waals surface area contributed by atoms with Gasteiger partial charge in [-0.15, -0.1) is 10.2 Å². The average molecular weight is 403 g/mol. The largest absolute Gasteiger partial charge is 0.300 e. The van der Waals surface area contributed by atoms with Crippen LogP contribution in [0.25, 0.3) is 0 Å². The molecular weight excluding hydrogens is 384 g/mol. The molecule has 1 heterocycles. The number of rotatable bonds is 9. The van der Waals surface area contributed by atoms with Crippen molar-refractivity contribution in [2.45, 2.75) is 37.5 Å². The number of hydrogen-bond donors (Lipinski definition) is 2. The normalized spacial score (nSPS) is 11.4. The summed E-state index contributed by atoms with van der Waals surface area (Å²) in [7, 11) is -3.67. The Morgan fingerprint density at radius 3 is 2.64 bits per heavy atom. The average Bonchev–Trinajstić information content (AvgIpc) is 3.00. The van der Waals surface area contributed by atoms with Gasteiger partial charge in [0.25, 0.3) is 0 Å². The minimum absolute atomic E-state index is 0.00328. The van der Waals surface area contributed by atoms with Crippen LogP contribution in [0, 0.1) is 0 Å². The first-order valence-electron chi connectivity index (χ1n) is 7.78. The van der Waals surface area contributed by atoms with Crippen molar-refractivity contribution < 1.29 is 13.2 Å². The molecule has 10 heteroatoms. The highest BCUT2D eigenvalue weighted by molar-refractivity contribution is 7.89. The quantitative estimate of drug-likeness (QED) is 0.671. The first-order valence-corrected chi connectivity index (χ1v) is 10.5. The summed E-state index contributed by atoms with van der Waals surface area (Å²) in [6.45, 7) is 2.08. The van der Waals surface area contributed by atoms with Gasteiger partial charge in [-0.1, -0.05) is 36.3 Å². The highest BCUT2D eigenvalue weighted by atomic mass is 35.5. The maximum atomic E-state index is 12.1. The smallest absolute Gasteiger partial charge is 0.240 e. The summed E-state index contributed by atoms with van der Waals surface area (Å²) >= 11 is 7.07. The molecule has 0 unspecified atom stereocenters. The fourth-order valence-electron chi connectivity index (χ4n) is 1.91. The Morgan fingerprint density at radius 1 is 1.24 bits per heavy atom. The molecule has 0 aliphatic carbocycles. The molecule has 0 saturated carbocycles. The van der Waals surface area contributed by atoms with Gasteiger partial charge >= 0.3 is 0 Å². The van der Waals surface area contributed by atoms with Crippen molar-refractivity contribution in [3.05, 3.63) is 34.3 Å². The molecule has 1 aromatic heterocycles. The lowest BCUT2D eigenvalue weighted by atomic mass is 10.3. The van der Waals surface area contributed by atoms with Gasteiger partial charge in [-0.05, 0) is 30.7 Å². The lowest BCUT2D eigenvalue weighted by molar-refractivity contribution is -0.116. The van der Waals surface area contributed by atoms with Crippen molar-refractivity contribution in [3.8, 4) is 0 Å². The minimum atomic E-state index is -3.67. The Balaban J connectivity index is 1.80. The van der Waals surface area contributed by atoms with E-state index >= 15 is 0 Å². The van der Waals surface area contributed by atoms with E-state index in [0.717, 1.165) is 24.3 Å². The molecule has 2 aromatic rings. The van der Waals surface area contributed by atoms with Crippen molar-refractivity contribution in [1.82, 2.24) is 14.9 Å². The number of carbonyl (C=O) groups excluding carboxylic acids is 1. The summed E-state index contributed by atoms with van der Waals surface area (Å²) in [5.41, 5.74) is 0. The second-order valence-corrected chi connectivity index (χ2v) is 8.52. The molecule has 0 bridgehead atoms. The maximum absolute atomic E-state index is 12.1. The first kappa shape index (κ1) is 19.8. The van der Waals surface area contributed by atoms with E-state index in [-0.39, 0.29) is 23.8 Å². The van der Waals surface area contributed by atoms with Crippen molar-refractivity contribution in [2.24, 2.45) is 0 Å². The highest BCUT2D eigenvalue weighted by Gasteiger charge is 2.14. The second kappa shape index (κ2) is 9.23.